The van der Waals surface area contributed by atoms with Gasteiger partial charge in [-0.3, -0.25) is 0 Å². The lowest BCUT2D eigenvalue weighted by Gasteiger charge is -2.33. The lowest BCUT2D eigenvalue weighted by atomic mass is 9.86. The molecule has 0 saturated carbocycles. The Morgan fingerprint density at radius 2 is 2.00 bits per heavy atom. The molecule has 1 aromatic rings. The fourth-order valence-corrected chi connectivity index (χ4v) is 3.00. The van der Waals surface area contributed by atoms with Crippen molar-refractivity contribution in [1.29, 1.82) is 0 Å². The first-order valence-electron chi connectivity index (χ1n) is 8.89. The zero-order chi connectivity index (χ0) is 18.8. The molecule has 3 nitrogen and oxygen atoms in total. The Morgan fingerprint density at radius 3 is 2.56 bits per heavy atom. The fourth-order valence-electron chi connectivity index (χ4n) is 3.00. The highest BCUT2D eigenvalue weighted by molar-refractivity contribution is 5.81. The molecule has 0 aliphatic carbocycles. The smallest absolute Gasteiger partial charge is 0.131 e. The molecule has 138 valence electrons. The van der Waals surface area contributed by atoms with Crippen LogP contribution in [0.15, 0.2) is 24.0 Å². The number of rotatable bonds is 6. The summed E-state index contributed by atoms with van der Waals surface area (Å²) in [5, 5.41) is 9.17. The third-order valence-electron chi connectivity index (χ3n) is 4.30. The summed E-state index contributed by atoms with van der Waals surface area (Å²) in [6, 6.07) is 3.78. The van der Waals surface area contributed by atoms with Crippen LogP contribution in [0.1, 0.15) is 59.1 Å². The van der Waals surface area contributed by atoms with Gasteiger partial charge in [0.1, 0.15) is 22.9 Å². The third-order valence-corrected chi connectivity index (χ3v) is 4.30. The molecular weight excluding hydrogens is 319 g/mol. The minimum absolute atomic E-state index is 0.309. The van der Waals surface area contributed by atoms with E-state index in [0.29, 0.717) is 29.4 Å². The van der Waals surface area contributed by atoms with Gasteiger partial charge in [-0.2, -0.15) is 0 Å². The average Bonchev–Trinajstić information content (AvgIpc) is 2.56. The van der Waals surface area contributed by atoms with E-state index in [9.17, 15) is 9.50 Å². The Labute approximate surface area is 150 Å². The first-order chi connectivity index (χ1) is 11.7. The minimum Gasteiger partial charge on any atom is -0.493 e. The molecule has 0 saturated heterocycles. The molecule has 0 atom stereocenters. The van der Waals surface area contributed by atoms with Crippen molar-refractivity contribution >= 4 is 11.1 Å². The molecule has 25 heavy (non-hydrogen) atoms. The molecule has 0 amide bonds. The molecule has 1 aliphatic heterocycles. The van der Waals surface area contributed by atoms with Gasteiger partial charge in [0.2, 0.25) is 0 Å². The highest BCUT2D eigenvalue weighted by atomic mass is 19.1. The van der Waals surface area contributed by atoms with Crippen LogP contribution in [0.5, 0.6) is 11.5 Å². The van der Waals surface area contributed by atoms with Gasteiger partial charge in [0.15, 0.2) is 0 Å². The normalized spacial score (nSPS) is 16.8. The summed E-state index contributed by atoms with van der Waals surface area (Å²) >= 11 is 0. The number of ether oxygens (including phenoxy) is 2. The van der Waals surface area contributed by atoms with Gasteiger partial charge >= 0.3 is 0 Å². The Bertz CT molecular complexity index is 699. The zero-order valence-electron chi connectivity index (χ0n) is 16.1. The third kappa shape index (κ3) is 4.24. The molecule has 0 fully saturated rings. The van der Waals surface area contributed by atoms with Crippen LogP contribution in [0, 0.1) is 5.92 Å². The number of halogens is 1. The van der Waals surface area contributed by atoms with Crippen molar-refractivity contribution in [3.63, 3.8) is 0 Å². The molecule has 0 bridgehead atoms. The number of aliphatic hydroxyl groups excluding tert-OH is 1. The largest absolute Gasteiger partial charge is 0.493 e. The number of hydrogen-bond donors (Lipinski definition) is 1. The van der Waals surface area contributed by atoms with E-state index in [4.69, 9.17) is 9.47 Å². The van der Waals surface area contributed by atoms with Gasteiger partial charge in [-0.1, -0.05) is 20.8 Å². The van der Waals surface area contributed by atoms with Crippen molar-refractivity contribution in [1.82, 2.24) is 0 Å². The summed E-state index contributed by atoms with van der Waals surface area (Å²) in [6.45, 7) is 11.9. The minimum atomic E-state index is -0.619. The summed E-state index contributed by atoms with van der Waals surface area (Å²) in [7, 11) is 0. The molecule has 1 aliphatic rings. The monoisotopic (exact) mass is 348 g/mol. The summed E-state index contributed by atoms with van der Waals surface area (Å²) in [5.41, 5.74) is 2.78. The summed E-state index contributed by atoms with van der Waals surface area (Å²) in [6.07, 6.45) is 2.98. The molecule has 0 spiro atoms. The average molecular weight is 348 g/mol. The van der Waals surface area contributed by atoms with Crippen LogP contribution in [0.3, 0.4) is 0 Å². The molecule has 0 unspecified atom stereocenters. The van der Waals surface area contributed by atoms with E-state index in [1.54, 1.807) is 6.92 Å². The van der Waals surface area contributed by atoms with Gasteiger partial charge < -0.3 is 14.6 Å². The molecular formula is C21H29FO3. The Balaban J connectivity index is 2.67. The summed E-state index contributed by atoms with van der Waals surface area (Å²) in [4.78, 5) is 0. The summed E-state index contributed by atoms with van der Waals surface area (Å²) < 4.78 is 26.0. The topological polar surface area (TPSA) is 38.7 Å². The lowest BCUT2D eigenvalue weighted by molar-refractivity contribution is 0.156. The lowest BCUT2D eigenvalue weighted by Crippen LogP contribution is -2.30. The number of fused-ring (bicyclic) bond motifs is 1. The highest BCUT2D eigenvalue weighted by Gasteiger charge is 2.29. The molecule has 4 heteroatoms. The van der Waals surface area contributed by atoms with Gasteiger partial charge in [0.25, 0.3) is 0 Å². The quantitative estimate of drug-likeness (QED) is 0.750. The Hall–Kier alpha value is -1.81. The molecule has 1 heterocycles. The number of aliphatic hydroxyl groups is 1. The zero-order valence-corrected chi connectivity index (χ0v) is 16.1. The van der Waals surface area contributed by atoms with Crippen molar-refractivity contribution in [2.24, 2.45) is 5.92 Å². The van der Waals surface area contributed by atoms with Gasteiger partial charge in [-0.05, 0) is 56.4 Å². The van der Waals surface area contributed by atoms with Gasteiger partial charge in [0, 0.05) is 17.2 Å². The van der Waals surface area contributed by atoms with E-state index in [0.717, 1.165) is 17.7 Å². The number of hydrogen-bond acceptors (Lipinski definition) is 3. The van der Waals surface area contributed by atoms with Crippen molar-refractivity contribution in [3.8, 4) is 11.5 Å². The van der Waals surface area contributed by atoms with Crippen LogP contribution >= 0.6 is 0 Å². The second-order valence-corrected chi connectivity index (χ2v) is 7.34. The Kier molecular flexibility index (Phi) is 5.94. The van der Waals surface area contributed by atoms with Crippen LogP contribution in [0.4, 0.5) is 4.39 Å². The van der Waals surface area contributed by atoms with Gasteiger partial charge in [-0.25, -0.2) is 4.39 Å². The molecule has 0 radical (unpaired) electrons. The van der Waals surface area contributed by atoms with E-state index in [-0.39, 0.29) is 0 Å². The second-order valence-electron chi connectivity index (χ2n) is 7.34. The number of allylic oxidation sites excluding steroid dienone is 2. The maximum absolute atomic E-state index is 14.1. The maximum atomic E-state index is 14.1. The first kappa shape index (κ1) is 19.5. The van der Waals surface area contributed by atoms with Crippen molar-refractivity contribution in [3.05, 3.63) is 35.2 Å². The van der Waals surface area contributed by atoms with Crippen molar-refractivity contribution < 1.29 is 19.0 Å². The van der Waals surface area contributed by atoms with E-state index < -0.39 is 18.0 Å². The Morgan fingerprint density at radius 1 is 1.32 bits per heavy atom. The van der Waals surface area contributed by atoms with Crippen LogP contribution in [-0.2, 0) is 0 Å². The van der Waals surface area contributed by atoms with Crippen LogP contribution in [-0.4, -0.2) is 23.9 Å². The van der Waals surface area contributed by atoms with E-state index in [2.05, 4.69) is 19.9 Å². The second kappa shape index (κ2) is 7.61. The predicted octanol–water partition coefficient (Wildman–Crippen LogP) is 5.38. The van der Waals surface area contributed by atoms with Crippen LogP contribution < -0.4 is 9.47 Å². The van der Waals surface area contributed by atoms with Gasteiger partial charge in [-0.15, -0.1) is 0 Å². The highest BCUT2D eigenvalue weighted by Crippen LogP contribution is 2.44. The maximum Gasteiger partial charge on any atom is 0.131 e. The molecule has 0 aromatic heterocycles. The summed E-state index contributed by atoms with van der Waals surface area (Å²) in [5.74, 6) is 1.10. The predicted molar refractivity (Wildman–Crippen MR) is 101 cm³/mol. The standard InChI is InChI=1S/C21H29FO3/c1-7-8-24-19-10-20-16(9-15(19)14(4)18(22)12-23)17(13(2)3)11-21(5,6)25-20/h9-11,13,23H,7-8,12H2,1-6H3. The number of benzene rings is 1. The van der Waals surface area contributed by atoms with Crippen molar-refractivity contribution in [2.45, 2.75) is 53.6 Å². The van der Waals surface area contributed by atoms with Gasteiger partial charge in [0.05, 0.1) is 13.2 Å². The van der Waals surface area contributed by atoms with Crippen LogP contribution in [0.2, 0.25) is 0 Å². The molecule has 2 rings (SSSR count). The van der Waals surface area contributed by atoms with Crippen LogP contribution in [0.25, 0.3) is 11.1 Å². The van der Waals surface area contributed by atoms with E-state index >= 15 is 0 Å². The first-order valence-corrected chi connectivity index (χ1v) is 8.89. The molecule has 1 aromatic carbocycles. The molecule has 1 N–H and O–H groups in total. The van der Waals surface area contributed by atoms with E-state index in [1.165, 1.54) is 5.57 Å². The van der Waals surface area contributed by atoms with Crippen molar-refractivity contribution in [2.75, 3.05) is 13.2 Å². The fraction of sp³-hybridized carbons (Fsp3) is 0.524. The van der Waals surface area contributed by atoms with E-state index in [1.807, 2.05) is 32.9 Å². The SMILES string of the molecule is CCCOc1cc2c(cc1C(C)=C(F)CO)C(C(C)C)=CC(C)(C)O2.